The van der Waals surface area contributed by atoms with Crippen LogP contribution in [0.3, 0.4) is 0 Å². The van der Waals surface area contributed by atoms with Gasteiger partial charge in [0, 0.05) is 38.2 Å². The molecule has 0 aliphatic carbocycles. The molecule has 0 amide bonds. The van der Waals surface area contributed by atoms with Gasteiger partial charge in [0.1, 0.15) is 12.4 Å². The van der Waals surface area contributed by atoms with Crippen LogP contribution in [0.15, 0.2) is 47.7 Å². The van der Waals surface area contributed by atoms with Gasteiger partial charge in [-0.2, -0.15) is 0 Å². The maximum absolute atomic E-state index is 4.79. The summed E-state index contributed by atoms with van der Waals surface area (Å²) in [5.74, 6) is 1.93. The van der Waals surface area contributed by atoms with Crippen molar-refractivity contribution in [2.24, 2.45) is 12.0 Å². The normalized spacial score (nSPS) is 15.9. The van der Waals surface area contributed by atoms with Crippen LogP contribution in [0.1, 0.15) is 25.1 Å². The zero-order chi connectivity index (χ0) is 15.2. The summed E-state index contributed by atoms with van der Waals surface area (Å²) < 4.78 is 2.01. The quantitative estimate of drug-likeness (QED) is 0.700. The van der Waals surface area contributed by atoms with Gasteiger partial charge in [0.15, 0.2) is 5.96 Å². The highest BCUT2D eigenvalue weighted by Gasteiger charge is 2.15. The second-order valence-corrected chi connectivity index (χ2v) is 5.63. The number of hydrogen-bond acceptors (Lipinski definition) is 2. The number of anilines is 1. The molecule has 2 heterocycles. The maximum atomic E-state index is 4.79. The average molecular weight is 297 g/mol. The number of nitrogens with one attached hydrogen (secondary N) is 1. The van der Waals surface area contributed by atoms with Crippen molar-refractivity contribution >= 4 is 11.6 Å². The molecule has 0 atom stereocenters. The molecule has 3 rings (SSSR count). The number of hydrogen-bond donors (Lipinski definition) is 1. The van der Waals surface area contributed by atoms with Gasteiger partial charge in [0.05, 0.1) is 0 Å². The average Bonchev–Trinajstić information content (AvgIpc) is 2.98. The van der Waals surface area contributed by atoms with Crippen molar-refractivity contribution in [2.75, 3.05) is 18.4 Å². The fourth-order valence-electron chi connectivity index (χ4n) is 2.67. The molecule has 1 aromatic carbocycles. The maximum Gasteiger partial charge on any atom is 0.198 e. The van der Waals surface area contributed by atoms with E-state index < -0.39 is 0 Å². The lowest BCUT2D eigenvalue weighted by molar-refractivity contribution is 0.340. The van der Waals surface area contributed by atoms with Crippen LogP contribution in [-0.2, 0) is 13.6 Å². The van der Waals surface area contributed by atoms with Gasteiger partial charge in [-0.1, -0.05) is 18.2 Å². The fraction of sp³-hybridized carbons (Fsp3) is 0.412. The Kier molecular flexibility index (Phi) is 4.73. The molecule has 1 aliphatic rings. The molecular formula is C17H23N5. The molecule has 116 valence electrons. The Morgan fingerprint density at radius 2 is 1.95 bits per heavy atom. The number of likely N-dealkylation sites (tertiary alicyclic amines) is 1. The molecular weight excluding hydrogens is 274 g/mol. The van der Waals surface area contributed by atoms with Gasteiger partial charge in [-0.15, -0.1) is 0 Å². The van der Waals surface area contributed by atoms with Gasteiger partial charge >= 0.3 is 0 Å². The second-order valence-electron chi connectivity index (χ2n) is 5.63. The smallest absolute Gasteiger partial charge is 0.198 e. The number of piperidine rings is 1. The Balaban J connectivity index is 1.77. The molecule has 22 heavy (non-hydrogen) atoms. The minimum Gasteiger partial charge on any atom is -0.343 e. The first-order chi connectivity index (χ1) is 10.8. The zero-order valence-electron chi connectivity index (χ0n) is 13.1. The number of aromatic nitrogens is 2. The van der Waals surface area contributed by atoms with Gasteiger partial charge in [-0.05, 0) is 31.4 Å². The summed E-state index contributed by atoms with van der Waals surface area (Å²) in [5, 5.41) is 3.47. The molecule has 2 aromatic rings. The molecule has 1 aromatic heterocycles. The van der Waals surface area contributed by atoms with E-state index in [1.54, 1.807) is 0 Å². The first kappa shape index (κ1) is 14.6. The Labute approximate surface area is 131 Å². The summed E-state index contributed by atoms with van der Waals surface area (Å²) in [6.07, 6.45) is 7.55. The largest absolute Gasteiger partial charge is 0.343 e. The summed E-state index contributed by atoms with van der Waals surface area (Å²) in [7, 11) is 2.00. The van der Waals surface area contributed by atoms with E-state index in [0.717, 1.165) is 30.6 Å². The lowest BCUT2D eigenvalue weighted by atomic mass is 10.1. The molecule has 0 unspecified atom stereocenters. The lowest BCUT2D eigenvalue weighted by Gasteiger charge is -2.30. The SMILES string of the molecule is Cn1ccnc1CN=C(Nc1ccccc1)N1CCCCC1. The van der Waals surface area contributed by atoms with E-state index in [9.17, 15) is 0 Å². The Hall–Kier alpha value is -2.30. The summed E-state index contributed by atoms with van der Waals surface area (Å²) in [4.78, 5) is 11.5. The third-order valence-corrected chi connectivity index (χ3v) is 3.98. The van der Waals surface area contributed by atoms with Gasteiger partial charge in [-0.25, -0.2) is 9.98 Å². The second kappa shape index (κ2) is 7.11. The monoisotopic (exact) mass is 297 g/mol. The van der Waals surface area contributed by atoms with Gasteiger partial charge in [-0.3, -0.25) is 0 Å². The van der Waals surface area contributed by atoms with Crippen LogP contribution in [-0.4, -0.2) is 33.5 Å². The predicted octanol–water partition coefficient (Wildman–Crippen LogP) is 2.87. The first-order valence-electron chi connectivity index (χ1n) is 7.90. The van der Waals surface area contributed by atoms with Crippen LogP contribution in [0.2, 0.25) is 0 Å². The van der Waals surface area contributed by atoms with Crippen molar-refractivity contribution in [3.8, 4) is 0 Å². The van der Waals surface area contributed by atoms with Crippen LogP contribution in [0.4, 0.5) is 5.69 Å². The van der Waals surface area contributed by atoms with E-state index in [2.05, 4.69) is 27.3 Å². The number of nitrogens with zero attached hydrogens (tertiary/aromatic N) is 4. The lowest BCUT2D eigenvalue weighted by Crippen LogP contribution is -2.40. The first-order valence-corrected chi connectivity index (χ1v) is 7.90. The third kappa shape index (κ3) is 3.67. The standard InChI is InChI=1S/C17H23N5/c1-21-13-10-18-16(21)14-19-17(22-11-6-3-7-12-22)20-15-8-4-2-5-9-15/h2,4-5,8-10,13H,3,6-7,11-12,14H2,1H3,(H,19,20). The molecule has 1 N–H and O–H groups in total. The minimum absolute atomic E-state index is 0.592. The zero-order valence-corrected chi connectivity index (χ0v) is 13.1. The summed E-state index contributed by atoms with van der Waals surface area (Å²) in [6, 6.07) is 10.2. The highest BCUT2D eigenvalue weighted by molar-refractivity contribution is 5.93. The molecule has 1 fully saturated rings. The van der Waals surface area contributed by atoms with Crippen LogP contribution in [0.25, 0.3) is 0 Å². The van der Waals surface area contributed by atoms with Crippen LogP contribution in [0, 0.1) is 0 Å². The van der Waals surface area contributed by atoms with E-state index in [0.29, 0.717) is 6.54 Å². The molecule has 0 radical (unpaired) electrons. The Morgan fingerprint density at radius 1 is 1.18 bits per heavy atom. The van der Waals surface area contributed by atoms with Crippen LogP contribution >= 0.6 is 0 Å². The third-order valence-electron chi connectivity index (χ3n) is 3.98. The Bertz CT molecular complexity index is 611. The highest BCUT2D eigenvalue weighted by Crippen LogP contribution is 2.13. The van der Waals surface area contributed by atoms with Crippen molar-refractivity contribution in [2.45, 2.75) is 25.8 Å². The van der Waals surface area contributed by atoms with Gasteiger partial charge in [0.2, 0.25) is 0 Å². The van der Waals surface area contributed by atoms with E-state index in [4.69, 9.17) is 4.99 Å². The molecule has 5 heteroatoms. The van der Waals surface area contributed by atoms with Crippen LogP contribution < -0.4 is 5.32 Å². The number of aryl methyl sites for hydroxylation is 1. The molecule has 1 aliphatic heterocycles. The van der Waals surface area contributed by atoms with Gasteiger partial charge < -0.3 is 14.8 Å². The van der Waals surface area contributed by atoms with E-state index >= 15 is 0 Å². The van der Waals surface area contributed by atoms with Crippen molar-refractivity contribution < 1.29 is 0 Å². The highest BCUT2D eigenvalue weighted by atomic mass is 15.3. The predicted molar refractivity (Wildman–Crippen MR) is 89.8 cm³/mol. The molecule has 0 spiro atoms. The Morgan fingerprint density at radius 3 is 2.64 bits per heavy atom. The minimum atomic E-state index is 0.592. The van der Waals surface area contributed by atoms with E-state index in [1.807, 2.05) is 42.2 Å². The summed E-state index contributed by atoms with van der Waals surface area (Å²) in [5.41, 5.74) is 1.08. The number of rotatable bonds is 3. The topological polar surface area (TPSA) is 45.5 Å². The van der Waals surface area contributed by atoms with Crippen molar-refractivity contribution in [3.63, 3.8) is 0 Å². The van der Waals surface area contributed by atoms with E-state index in [-0.39, 0.29) is 0 Å². The number of guanidine groups is 1. The van der Waals surface area contributed by atoms with Crippen molar-refractivity contribution in [3.05, 3.63) is 48.5 Å². The number of benzene rings is 1. The number of aliphatic imine (C=N–C) groups is 1. The molecule has 1 saturated heterocycles. The fourth-order valence-corrected chi connectivity index (χ4v) is 2.67. The summed E-state index contributed by atoms with van der Waals surface area (Å²) >= 11 is 0. The van der Waals surface area contributed by atoms with E-state index in [1.165, 1.54) is 19.3 Å². The molecule has 0 bridgehead atoms. The number of para-hydroxylation sites is 1. The molecule has 5 nitrogen and oxygen atoms in total. The molecule has 0 saturated carbocycles. The van der Waals surface area contributed by atoms with Crippen molar-refractivity contribution in [1.82, 2.24) is 14.5 Å². The van der Waals surface area contributed by atoms with Crippen molar-refractivity contribution in [1.29, 1.82) is 0 Å². The summed E-state index contributed by atoms with van der Waals surface area (Å²) in [6.45, 7) is 2.73. The number of imidazole rings is 1. The van der Waals surface area contributed by atoms with Crippen LogP contribution in [0.5, 0.6) is 0 Å². The van der Waals surface area contributed by atoms with Gasteiger partial charge in [0.25, 0.3) is 0 Å².